The number of rotatable bonds is 3. The molecule has 0 N–H and O–H groups in total. The predicted octanol–water partition coefficient (Wildman–Crippen LogP) is 3.58. The number of benzene rings is 1. The second-order valence-corrected chi connectivity index (χ2v) is 3.34. The second-order valence-electron chi connectivity index (χ2n) is 3.34. The standard InChI is InChI=1S/C12H10F4O2/c1-2-18-11(17)10(13)7-8-4-3-5-9(6-8)12(14,15)16/h3-7H,2H2,1H3. The largest absolute Gasteiger partial charge is 0.461 e. The Hall–Kier alpha value is -1.85. The highest BCUT2D eigenvalue weighted by molar-refractivity contribution is 5.91. The molecule has 0 bridgehead atoms. The molecule has 0 saturated heterocycles. The Morgan fingerprint density at radius 1 is 1.39 bits per heavy atom. The monoisotopic (exact) mass is 262 g/mol. The van der Waals surface area contributed by atoms with E-state index in [9.17, 15) is 22.4 Å². The summed E-state index contributed by atoms with van der Waals surface area (Å²) in [5, 5.41) is 0. The molecular formula is C12H10F4O2. The second kappa shape index (κ2) is 5.66. The van der Waals surface area contributed by atoms with E-state index < -0.39 is 23.5 Å². The van der Waals surface area contributed by atoms with Gasteiger partial charge in [0.2, 0.25) is 5.83 Å². The van der Waals surface area contributed by atoms with Crippen LogP contribution in [0, 0.1) is 0 Å². The summed E-state index contributed by atoms with van der Waals surface area (Å²) < 4.78 is 54.7. The lowest BCUT2D eigenvalue weighted by atomic mass is 10.1. The average molecular weight is 262 g/mol. The predicted molar refractivity (Wildman–Crippen MR) is 57.2 cm³/mol. The molecule has 0 aliphatic heterocycles. The fourth-order valence-electron chi connectivity index (χ4n) is 1.21. The fraction of sp³-hybridized carbons (Fsp3) is 0.250. The first-order valence-corrected chi connectivity index (χ1v) is 5.06. The maximum absolute atomic E-state index is 13.2. The van der Waals surface area contributed by atoms with Gasteiger partial charge in [-0.15, -0.1) is 0 Å². The Bertz CT molecular complexity index is 463. The fourth-order valence-corrected chi connectivity index (χ4v) is 1.21. The van der Waals surface area contributed by atoms with Crippen LogP contribution in [-0.2, 0) is 15.7 Å². The maximum atomic E-state index is 13.2. The number of hydrogen-bond donors (Lipinski definition) is 0. The number of carbonyl (C=O) groups is 1. The molecular weight excluding hydrogens is 252 g/mol. The summed E-state index contributed by atoms with van der Waals surface area (Å²) in [5.41, 5.74) is -0.969. The molecule has 0 spiro atoms. The minimum absolute atomic E-state index is 0.0112. The number of alkyl halides is 3. The topological polar surface area (TPSA) is 26.3 Å². The minimum Gasteiger partial charge on any atom is -0.461 e. The Morgan fingerprint density at radius 3 is 2.61 bits per heavy atom. The van der Waals surface area contributed by atoms with Gasteiger partial charge in [0.15, 0.2) is 0 Å². The van der Waals surface area contributed by atoms with Crippen LogP contribution in [0.25, 0.3) is 6.08 Å². The van der Waals surface area contributed by atoms with Gasteiger partial charge in [0.05, 0.1) is 12.2 Å². The van der Waals surface area contributed by atoms with Crippen LogP contribution >= 0.6 is 0 Å². The summed E-state index contributed by atoms with van der Waals surface area (Å²) in [5.74, 6) is -2.44. The van der Waals surface area contributed by atoms with Crippen molar-refractivity contribution in [3.8, 4) is 0 Å². The van der Waals surface area contributed by atoms with Crippen molar-refractivity contribution in [1.29, 1.82) is 0 Å². The zero-order valence-corrected chi connectivity index (χ0v) is 9.42. The van der Waals surface area contributed by atoms with Crippen molar-refractivity contribution >= 4 is 12.0 Å². The van der Waals surface area contributed by atoms with Crippen molar-refractivity contribution in [1.82, 2.24) is 0 Å². The quantitative estimate of drug-likeness (QED) is 0.473. The number of esters is 1. The Labute approximate surface area is 101 Å². The summed E-state index contributed by atoms with van der Waals surface area (Å²) in [7, 11) is 0. The number of carbonyl (C=O) groups excluding carboxylic acids is 1. The van der Waals surface area contributed by atoms with Gasteiger partial charge in [-0.1, -0.05) is 12.1 Å². The molecule has 0 radical (unpaired) electrons. The van der Waals surface area contributed by atoms with Crippen LogP contribution in [0.1, 0.15) is 18.1 Å². The molecule has 2 nitrogen and oxygen atoms in total. The minimum atomic E-state index is -4.51. The highest BCUT2D eigenvalue weighted by atomic mass is 19.4. The lowest BCUT2D eigenvalue weighted by molar-refractivity contribution is -0.140. The van der Waals surface area contributed by atoms with Gasteiger partial charge < -0.3 is 4.74 Å². The van der Waals surface area contributed by atoms with Crippen LogP contribution in [0.4, 0.5) is 17.6 Å². The third-order valence-corrected chi connectivity index (χ3v) is 1.98. The van der Waals surface area contributed by atoms with Gasteiger partial charge in [-0.3, -0.25) is 0 Å². The molecule has 6 heteroatoms. The van der Waals surface area contributed by atoms with Crippen LogP contribution in [0.15, 0.2) is 30.1 Å². The highest BCUT2D eigenvalue weighted by Crippen LogP contribution is 2.30. The third kappa shape index (κ3) is 3.87. The number of halogens is 4. The smallest absolute Gasteiger partial charge is 0.416 e. The molecule has 0 aliphatic rings. The van der Waals surface area contributed by atoms with Gasteiger partial charge in [-0.2, -0.15) is 17.6 Å². The van der Waals surface area contributed by atoms with E-state index in [1.54, 1.807) is 0 Å². The molecule has 0 heterocycles. The summed E-state index contributed by atoms with van der Waals surface area (Å²) in [4.78, 5) is 10.9. The Balaban J connectivity index is 2.98. The van der Waals surface area contributed by atoms with E-state index in [0.29, 0.717) is 6.08 Å². The van der Waals surface area contributed by atoms with E-state index in [2.05, 4.69) is 4.74 Å². The third-order valence-electron chi connectivity index (χ3n) is 1.98. The lowest BCUT2D eigenvalue weighted by Crippen LogP contribution is -2.05. The normalized spacial score (nSPS) is 12.4. The summed E-state index contributed by atoms with van der Waals surface area (Å²) in [6, 6.07) is 4.00. The molecule has 0 aromatic heterocycles. The molecule has 0 fully saturated rings. The van der Waals surface area contributed by atoms with E-state index >= 15 is 0 Å². The van der Waals surface area contributed by atoms with Gasteiger partial charge >= 0.3 is 12.1 Å². The van der Waals surface area contributed by atoms with E-state index in [1.165, 1.54) is 13.0 Å². The SMILES string of the molecule is CCOC(=O)C(F)=Cc1cccc(C(F)(F)F)c1. The van der Waals surface area contributed by atoms with Crippen LogP contribution < -0.4 is 0 Å². The van der Waals surface area contributed by atoms with Gasteiger partial charge in [0.1, 0.15) is 0 Å². The van der Waals surface area contributed by atoms with Crippen LogP contribution in [0.2, 0.25) is 0 Å². The first kappa shape index (κ1) is 14.2. The summed E-state index contributed by atoms with van der Waals surface area (Å²) in [6.45, 7) is 1.48. The van der Waals surface area contributed by atoms with Gasteiger partial charge in [0.25, 0.3) is 0 Å². The van der Waals surface area contributed by atoms with E-state index in [-0.39, 0.29) is 12.2 Å². The zero-order valence-electron chi connectivity index (χ0n) is 9.42. The number of ether oxygens (including phenoxy) is 1. The van der Waals surface area contributed by atoms with E-state index in [4.69, 9.17) is 0 Å². The lowest BCUT2D eigenvalue weighted by Gasteiger charge is -2.06. The highest BCUT2D eigenvalue weighted by Gasteiger charge is 2.30. The summed E-state index contributed by atoms with van der Waals surface area (Å²) in [6.07, 6.45) is -3.81. The van der Waals surface area contributed by atoms with Crippen molar-refractivity contribution in [3.63, 3.8) is 0 Å². The van der Waals surface area contributed by atoms with Gasteiger partial charge in [-0.05, 0) is 30.7 Å². The van der Waals surface area contributed by atoms with Crippen molar-refractivity contribution in [2.24, 2.45) is 0 Å². The zero-order chi connectivity index (χ0) is 13.8. The molecule has 0 amide bonds. The van der Waals surface area contributed by atoms with Crippen molar-refractivity contribution in [2.75, 3.05) is 6.61 Å². The van der Waals surface area contributed by atoms with E-state index in [0.717, 1.165) is 18.2 Å². The molecule has 1 rings (SSSR count). The summed E-state index contributed by atoms with van der Waals surface area (Å²) >= 11 is 0. The molecule has 0 atom stereocenters. The molecule has 18 heavy (non-hydrogen) atoms. The van der Waals surface area contributed by atoms with Crippen LogP contribution in [0.3, 0.4) is 0 Å². The Kier molecular flexibility index (Phi) is 4.47. The molecule has 0 aliphatic carbocycles. The van der Waals surface area contributed by atoms with Crippen molar-refractivity contribution in [2.45, 2.75) is 13.1 Å². The van der Waals surface area contributed by atoms with Crippen molar-refractivity contribution < 1.29 is 27.1 Å². The number of hydrogen-bond acceptors (Lipinski definition) is 2. The molecule has 0 unspecified atom stereocenters. The molecule has 1 aromatic rings. The van der Waals surface area contributed by atoms with Crippen molar-refractivity contribution in [3.05, 3.63) is 41.2 Å². The van der Waals surface area contributed by atoms with Gasteiger partial charge in [-0.25, -0.2) is 4.79 Å². The molecule has 98 valence electrons. The average Bonchev–Trinajstić information content (AvgIpc) is 2.28. The van der Waals surface area contributed by atoms with Crippen LogP contribution in [-0.4, -0.2) is 12.6 Å². The van der Waals surface area contributed by atoms with E-state index in [1.807, 2.05) is 0 Å². The first-order valence-electron chi connectivity index (χ1n) is 5.06. The molecule has 1 aromatic carbocycles. The molecule has 0 saturated carbocycles. The maximum Gasteiger partial charge on any atom is 0.416 e. The Morgan fingerprint density at radius 2 is 2.06 bits per heavy atom. The first-order chi connectivity index (χ1) is 8.34. The van der Waals surface area contributed by atoms with Crippen LogP contribution in [0.5, 0.6) is 0 Å². The van der Waals surface area contributed by atoms with Gasteiger partial charge in [0, 0.05) is 0 Å².